The first-order valence-electron chi connectivity index (χ1n) is 8.38. The molecular weight excluding hydrogens is 362 g/mol. The van der Waals surface area contributed by atoms with Gasteiger partial charge in [0.2, 0.25) is 0 Å². The molecule has 3 aromatic rings. The Labute approximate surface area is 162 Å². The first kappa shape index (κ1) is 18.6. The monoisotopic (exact) mass is 379 g/mol. The van der Waals surface area contributed by atoms with Crippen LogP contribution in [0.1, 0.15) is 31.8 Å². The van der Waals surface area contributed by atoms with E-state index in [-0.39, 0.29) is 11.8 Å². The van der Waals surface area contributed by atoms with Gasteiger partial charge in [0.25, 0.3) is 11.8 Å². The summed E-state index contributed by atoms with van der Waals surface area (Å²) >= 11 is 6.07. The zero-order chi connectivity index (χ0) is 19.2. The molecule has 0 saturated heterocycles. The highest BCUT2D eigenvalue weighted by Gasteiger charge is 2.11. The Morgan fingerprint density at radius 2 is 1.56 bits per heavy atom. The molecule has 0 atom stereocenters. The van der Waals surface area contributed by atoms with E-state index >= 15 is 0 Å². The molecule has 0 aliphatic heterocycles. The molecule has 3 rings (SSSR count). The van der Waals surface area contributed by atoms with Crippen molar-refractivity contribution >= 4 is 29.1 Å². The van der Waals surface area contributed by atoms with Crippen molar-refractivity contribution in [1.82, 2.24) is 10.3 Å². The lowest BCUT2D eigenvalue weighted by Crippen LogP contribution is -2.23. The number of amides is 2. The van der Waals surface area contributed by atoms with Crippen LogP contribution in [-0.4, -0.2) is 16.8 Å². The van der Waals surface area contributed by atoms with Crippen LogP contribution in [0.2, 0.25) is 5.02 Å². The van der Waals surface area contributed by atoms with Crippen molar-refractivity contribution in [2.24, 2.45) is 0 Å². The molecule has 0 radical (unpaired) electrons. The minimum atomic E-state index is -0.260. The molecule has 2 aromatic carbocycles. The molecule has 2 N–H and O–H groups in total. The van der Waals surface area contributed by atoms with Crippen LogP contribution in [-0.2, 0) is 6.54 Å². The maximum atomic E-state index is 12.4. The van der Waals surface area contributed by atoms with Gasteiger partial charge in [-0.05, 0) is 66.6 Å². The molecule has 0 aliphatic carbocycles. The Kier molecular flexibility index (Phi) is 5.84. The van der Waals surface area contributed by atoms with Gasteiger partial charge in [-0.3, -0.25) is 14.6 Å². The minimum absolute atomic E-state index is 0.204. The van der Waals surface area contributed by atoms with E-state index in [1.165, 1.54) is 0 Å². The molecule has 1 heterocycles. The van der Waals surface area contributed by atoms with Crippen LogP contribution in [0.15, 0.2) is 67.0 Å². The summed E-state index contributed by atoms with van der Waals surface area (Å²) in [6.45, 7) is 2.26. The van der Waals surface area contributed by atoms with Crippen LogP contribution in [0.5, 0.6) is 0 Å². The maximum absolute atomic E-state index is 12.4. The van der Waals surface area contributed by atoms with E-state index in [0.29, 0.717) is 28.4 Å². The Morgan fingerprint density at radius 3 is 2.22 bits per heavy atom. The van der Waals surface area contributed by atoms with Crippen molar-refractivity contribution in [3.63, 3.8) is 0 Å². The molecule has 2 amide bonds. The third-order valence-corrected chi connectivity index (χ3v) is 4.54. The van der Waals surface area contributed by atoms with Gasteiger partial charge in [0.1, 0.15) is 0 Å². The van der Waals surface area contributed by atoms with Crippen molar-refractivity contribution in [1.29, 1.82) is 0 Å². The van der Waals surface area contributed by atoms with Gasteiger partial charge in [-0.15, -0.1) is 0 Å². The molecule has 0 unspecified atom stereocenters. The minimum Gasteiger partial charge on any atom is -0.348 e. The van der Waals surface area contributed by atoms with Crippen LogP contribution in [0.25, 0.3) is 0 Å². The largest absolute Gasteiger partial charge is 0.348 e. The Balaban J connectivity index is 1.63. The Morgan fingerprint density at radius 1 is 0.926 bits per heavy atom. The topological polar surface area (TPSA) is 71.1 Å². The van der Waals surface area contributed by atoms with Gasteiger partial charge < -0.3 is 10.6 Å². The molecule has 0 aliphatic rings. The predicted octanol–water partition coefficient (Wildman–Crippen LogP) is 4.23. The fourth-order valence-corrected chi connectivity index (χ4v) is 2.67. The lowest BCUT2D eigenvalue weighted by molar-refractivity contribution is 0.0949. The van der Waals surface area contributed by atoms with Gasteiger partial charge in [0.15, 0.2) is 0 Å². The number of carbonyl (C=O) groups is 2. The van der Waals surface area contributed by atoms with Gasteiger partial charge in [-0.25, -0.2) is 0 Å². The van der Waals surface area contributed by atoms with Crippen LogP contribution in [0, 0.1) is 6.92 Å². The molecule has 0 spiro atoms. The number of halogens is 1. The predicted molar refractivity (Wildman–Crippen MR) is 106 cm³/mol. The van der Waals surface area contributed by atoms with Crippen LogP contribution in [0.4, 0.5) is 5.69 Å². The second-order valence-electron chi connectivity index (χ2n) is 5.98. The van der Waals surface area contributed by atoms with Crippen molar-refractivity contribution < 1.29 is 9.59 Å². The Bertz CT molecular complexity index is 957. The zero-order valence-corrected chi connectivity index (χ0v) is 15.5. The molecule has 136 valence electrons. The standard InChI is InChI=1S/C21H18ClN3O2/c1-14-18(22)3-2-4-19(14)25-21(27)17-7-5-16(6-8-17)20(26)24-13-15-9-11-23-12-10-15/h2-12H,13H2,1H3,(H,24,26)(H,25,27). The number of aromatic nitrogens is 1. The highest BCUT2D eigenvalue weighted by atomic mass is 35.5. The van der Waals surface area contributed by atoms with E-state index in [1.807, 2.05) is 19.1 Å². The number of nitrogens with one attached hydrogen (secondary N) is 2. The van der Waals surface area contributed by atoms with Crippen LogP contribution in [0.3, 0.4) is 0 Å². The summed E-state index contributed by atoms with van der Waals surface area (Å²) in [4.78, 5) is 28.6. The third-order valence-electron chi connectivity index (χ3n) is 4.13. The summed E-state index contributed by atoms with van der Waals surface area (Å²) in [5, 5.41) is 6.26. The summed E-state index contributed by atoms with van der Waals surface area (Å²) in [5.74, 6) is -0.464. The van der Waals surface area contributed by atoms with Gasteiger partial charge in [0.05, 0.1) is 0 Å². The highest BCUT2D eigenvalue weighted by Crippen LogP contribution is 2.23. The summed E-state index contributed by atoms with van der Waals surface area (Å²) in [6, 6.07) is 15.5. The first-order chi connectivity index (χ1) is 13.0. The normalized spacial score (nSPS) is 10.3. The summed E-state index contributed by atoms with van der Waals surface area (Å²) < 4.78 is 0. The number of benzene rings is 2. The van der Waals surface area contributed by atoms with E-state index in [2.05, 4.69) is 15.6 Å². The molecular formula is C21H18ClN3O2. The molecule has 0 saturated carbocycles. The number of rotatable bonds is 5. The molecule has 0 bridgehead atoms. The summed E-state index contributed by atoms with van der Waals surface area (Å²) in [5.41, 5.74) is 3.37. The fraction of sp³-hybridized carbons (Fsp3) is 0.0952. The second kappa shape index (κ2) is 8.47. The average molecular weight is 380 g/mol. The van der Waals surface area contributed by atoms with Gasteiger partial charge >= 0.3 is 0 Å². The van der Waals surface area contributed by atoms with Gasteiger partial charge in [-0.1, -0.05) is 17.7 Å². The van der Waals surface area contributed by atoms with Crippen LogP contribution < -0.4 is 10.6 Å². The second-order valence-corrected chi connectivity index (χ2v) is 6.39. The number of carbonyl (C=O) groups excluding carboxylic acids is 2. The zero-order valence-electron chi connectivity index (χ0n) is 14.7. The van der Waals surface area contributed by atoms with Crippen molar-refractivity contribution in [2.75, 3.05) is 5.32 Å². The summed E-state index contributed by atoms with van der Waals surface area (Å²) in [6.07, 6.45) is 3.35. The van der Waals surface area contributed by atoms with E-state index in [9.17, 15) is 9.59 Å². The maximum Gasteiger partial charge on any atom is 0.255 e. The average Bonchev–Trinajstić information content (AvgIpc) is 2.70. The lowest BCUT2D eigenvalue weighted by atomic mass is 10.1. The van der Waals surface area contributed by atoms with E-state index in [1.54, 1.807) is 54.9 Å². The molecule has 5 nitrogen and oxygen atoms in total. The third kappa shape index (κ3) is 4.71. The molecule has 1 aromatic heterocycles. The quantitative estimate of drug-likeness (QED) is 0.697. The highest BCUT2D eigenvalue weighted by molar-refractivity contribution is 6.31. The fourth-order valence-electron chi connectivity index (χ4n) is 2.50. The molecule has 0 fully saturated rings. The van der Waals surface area contributed by atoms with Crippen LogP contribution >= 0.6 is 11.6 Å². The van der Waals surface area contributed by atoms with E-state index < -0.39 is 0 Å². The summed E-state index contributed by atoms with van der Waals surface area (Å²) in [7, 11) is 0. The van der Waals surface area contributed by atoms with E-state index in [0.717, 1.165) is 11.1 Å². The number of nitrogens with zero attached hydrogens (tertiary/aromatic N) is 1. The lowest BCUT2D eigenvalue weighted by Gasteiger charge is -2.10. The number of hydrogen-bond acceptors (Lipinski definition) is 3. The number of pyridine rings is 1. The molecule has 27 heavy (non-hydrogen) atoms. The molecule has 6 heteroatoms. The number of anilines is 1. The van der Waals surface area contributed by atoms with E-state index in [4.69, 9.17) is 11.6 Å². The Hall–Kier alpha value is -3.18. The van der Waals surface area contributed by atoms with Crippen molar-refractivity contribution in [3.8, 4) is 0 Å². The smallest absolute Gasteiger partial charge is 0.255 e. The van der Waals surface area contributed by atoms with Crippen molar-refractivity contribution in [3.05, 3.63) is 94.3 Å². The number of hydrogen-bond donors (Lipinski definition) is 2. The first-order valence-corrected chi connectivity index (χ1v) is 8.76. The SMILES string of the molecule is Cc1c(Cl)cccc1NC(=O)c1ccc(C(=O)NCc2ccncc2)cc1. The van der Waals surface area contributed by atoms with Gasteiger partial charge in [0, 0.05) is 40.8 Å². The van der Waals surface area contributed by atoms with Crippen molar-refractivity contribution in [2.45, 2.75) is 13.5 Å². The van der Waals surface area contributed by atoms with Gasteiger partial charge in [-0.2, -0.15) is 0 Å².